The minimum absolute atomic E-state index is 0.131. The molecule has 0 saturated carbocycles. The van der Waals surface area contributed by atoms with E-state index in [4.69, 9.17) is 16.3 Å². The number of aliphatic hydroxyl groups excluding tert-OH is 4. The zero-order valence-electron chi connectivity index (χ0n) is 25.3. The highest BCUT2D eigenvalue weighted by Crippen LogP contribution is 2.37. The van der Waals surface area contributed by atoms with Crippen molar-refractivity contribution in [2.75, 3.05) is 57.5 Å². The second-order valence-corrected chi connectivity index (χ2v) is 12.3. The van der Waals surface area contributed by atoms with Gasteiger partial charge in [-0.25, -0.2) is 0 Å². The Hall–Kier alpha value is -3.62. The van der Waals surface area contributed by atoms with Gasteiger partial charge in [-0.3, -0.25) is 14.4 Å². The van der Waals surface area contributed by atoms with Gasteiger partial charge in [-0.15, -0.1) is 11.3 Å². The van der Waals surface area contributed by atoms with Crippen LogP contribution in [-0.4, -0.2) is 106 Å². The Labute approximate surface area is 274 Å². The molecule has 0 aliphatic rings. The number of halogens is 1. The highest BCUT2D eigenvalue weighted by Gasteiger charge is 2.39. The largest absolute Gasteiger partial charge is 0.479 e. The van der Waals surface area contributed by atoms with E-state index in [-0.39, 0.29) is 66.5 Å². The Kier molecular flexibility index (Phi) is 12.1. The molecule has 1 amide bonds. The molecule has 246 valence electrons. The van der Waals surface area contributed by atoms with Gasteiger partial charge >= 0.3 is 0 Å². The molecule has 1 heterocycles. The number of hydrogen-bond donors (Lipinski definition) is 5. The third-order valence-electron chi connectivity index (χ3n) is 7.54. The van der Waals surface area contributed by atoms with E-state index in [9.17, 15) is 39.9 Å². The molecular formula is C33H37ClN2O9S. The number of carbonyl (C=O) groups excluding carboxylic acids is 2. The van der Waals surface area contributed by atoms with Crippen LogP contribution in [0, 0.1) is 0 Å². The smallest absolute Gasteiger partial charge is 0.263 e. The lowest BCUT2D eigenvalue weighted by Gasteiger charge is -2.31. The molecule has 13 heteroatoms. The number of benzene rings is 3. The van der Waals surface area contributed by atoms with Crippen LogP contribution in [-0.2, 0) is 4.79 Å². The number of fused-ring (bicyclic) bond motifs is 2. The first kappa shape index (κ1) is 35.2. The summed E-state index contributed by atoms with van der Waals surface area (Å²) in [4.78, 5) is 43.7. The first-order chi connectivity index (χ1) is 22.1. The maximum Gasteiger partial charge on any atom is 0.263 e. The van der Waals surface area contributed by atoms with Gasteiger partial charge in [0, 0.05) is 53.9 Å². The Morgan fingerprint density at radius 3 is 2.11 bits per heavy atom. The molecule has 4 aromatic rings. The van der Waals surface area contributed by atoms with Crippen LogP contribution in [0.25, 0.3) is 20.2 Å². The molecule has 5 N–H and O–H groups in total. The first-order valence-electron chi connectivity index (χ1n) is 14.7. The molecule has 2 atom stereocenters. The number of amides is 1. The molecule has 2 unspecified atom stereocenters. The predicted octanol–water partition coefficient (Wildman–Crippen LogP) is 2.44. The molecule has 0 spiro atoms. The third-order valence-corrected chi connectivity index (χ3v) is 9.04. The van der Waals surface area contributed by atoms with Crippen molar-refractivity contribution in [2.24, 2.45) is 0 Å². The number of ketones is 1. The average Bonchev–Trinajstić information content (AvgIpc) is 3.04. The van der Waals surface area contributed by atoms with Crippen molar-refractivity contribution in [1.29, 1.82) is 0 Å². The van der Waals surface area contributed by atoms with E-state index >= 15 is 0 Å². The van der Waals surface area contributed by atoms with Crippen LogP contribution in [0.15, 0.2) is 65.5 Å². The lowest BCUT2D eigenvalue weighted by Crippen LogP contribution is -2.49. The van der Waals surface area contributed by atoms with Gasteiger partial charge in [-0.2, -0.15) is 0 Å². The molecule has 0 aliphatic heterocycles. The van der Waals surface area contributed by atoms with Gasteiger partial charge in [0.05, 0.1) is 41.5 Å². The first-order valence-corrected chi connectivity index (χ1v) is 15.9. The zero-order chi connectivity index (χ0) is 33.4. The molecule has 4 rings (SSSR count). The van der Waals surface area contributed by atoms with E-state index in [2.05, 4.69) is 0 Å². The quantitative estimate of drug-likeness (QED) is 0.0881. The number of rotatable bonds is 16. The monoisotopic (exact) mass is 672 g/mol. The lowest BCUT2D eigenvalue weighted by atomic mass is 9.88. The van der Waals surface area contributed by atoms with E-state index in [0.717, 1.165) is 0 Å². The van der Waals surface area contributed by atoms with E-state index in [0.29, 0.717) is 20.5 Å². The van der Waals surface area contributed by atoms with Crippen molar-refractivity contribution in [2.45, 2.75) is 25.0 Å². The molecule has 0 bridgehead atoms. The fraction of sp³-hybridized carbons (Fsp3) is 0.364. The summed E-state index contributed by atoms with van der Waals surface area (Å²) < 4.78 is 7.28. The average molecular weight is 673 g/mol. The number of Topliss-reactive ketones (excluding diaryl/α,β-unsaturated/α-hetero) is 1. The van der Waals surface area contributed by atoms with Crippen LogP contribution in [0.1, 0.15) is 23.7 Å². The van der Waals surface area contributed by atoms with Crippen molar-refractivity contribution < 1.29 is 39.9 Å². The summed E-state index contributed by atoms with van der Waals surface area (Å²) in [6, 6.07) is 16.3. The maximum absolute atomic E-state index is 13.8. The Morgan fingerprint density at radius 2 is 1.50 bits per heavy atom. The van der Waals surface area contributed by atoms with Crippen LogP contribution < -0.4 is 15.1 Å². The van der Waals surface area contributed by atoms with Crippen molar-refractivity contribution >= 4 is 60.5 Å². The molecule has 0 saturated heterocycles. The minimum Gasteiger partial charge on any atom is -0.479 e. The third kappa shape index (κ3) is 7.84. The summed E-state index contributed by atoms with van der Waals surface area (Å²) in [5, 5.41) is 50.3. The van der Waals surface area contributed by atoms with Crippen LogP contribution in [0.3, 0.4) is 0 Å². The second kappa shape index (κ2) is 15.8. The topological polar surface area (TPSA) is 168 Å². The second-order valence-electron chi connectivity index (χ2n) is 10.8. The molecule has 0 radical (unpaired) electrons. The summed E-state index contributed by atoms with van der Waals surface area (Å²) in [6.07, 6.45) is -1.98. The zero-order valence-corrected chi connectivity index (χ0v) is 26.8. The Balaban J connectivity index is 1.72. The normalized spacial score (nSPS) is 13.4. The molecular weight excluding hydrogens is 636 g/mol. The van der Waals surface area contributed by atoms with Gasteiger partial charge in [0.15, 0.2) is 17.3 Å². The SMILES string of the molecule is CC(O)(CC(Oc1ccc(Cl)c2c(=O)c3ccccc3sc12)C(=O)N(CCO)CCO)C(=O)c1ccc(N(CCO)CCO)cc1. The Bertz CT molecular complexity index is 1720. The Morgan fingerprint density at radius 1 is 0.891 bits per heavy atom. The predicted molar refractivity (Wildman–Crippen MR) is 178 cm³/mol. The highest BCUT2D eigenvalue weighted by molar-refractivity contribution is 7.25. The van der Waals surface area contributed by atoms with Gasteiger partial charge in [0.2, 0.25) is 0 Å². The van der Waals surface area contributed by atoms with Crippen LogP contribution in [0.4, 0.5) is 5.69 Å². The van der Waals surface area contributed by atoms with E-state index in [1.807, 2.05) is 0 Å². The van der Waals surface area contributed by atoms with E-state index < -0.39 is 43.0 Å². The fourth-order valence-corrected chi connectivity index (χ4v) is 6.70. The van der Waals surface area contributed by atoms with Crippen LogP contribution >= 0.6 is 22.9 Å². The molecule has 1 aromatic heterocycles. The molecule has 11 nitrogen and oxygen atoms in total. The highest BCUT2D eigenvalue weighted by atomic mass is 35.5. The van der Waals surface area contributed by atoms with Crippen LogP contribution in [0.5, 0.6) is 5.75 Å². The van der Waals surface area contributed by atoms with Gasteiger partial charge in [0.1, 0.15) is 11.4 Å². The summed E-state index contributed by atoms with van der Waals surface area (Å²) in [5.41, 5.74) is -1.63. The molecule has 0 fully saturated rings. The van der Waals surface area contributed by atoms with Gasteiger partial charge in [-0.1, -0.05) is 23.7 Å². The van der Waals surface area contributed by atoms with Gasteiger partial charge in [0.25, 0.3) is 5.91 Å². The number of ether oxygens (including phenoxy) is 1. The summed E-state index contributed by atoms with van der Waals surface area (Å²) in [6.45, 7) is 0.480. The molecule has 3 aromatic carbocycles. The standard InChI is InChI=1S/C33H37ClN2O9S/c1-33(44,31(42)21-6-8-22(9-7-21)35(12-16-37)13-17-38)20-26(32(43)36(14-18-39)15-19-40)45-25-11-10-24(34)28-29(41)23-4-2-3-5-27(23)46-30(25)28/h2-11,26,37-40,44H,12-20H2,1H3. The number of nitrogens with zero attached hydrogens (tertiary/aromatic N) is 2. The van der Waals surface area contributed by atoms with Crippen molar-refractivity contribution in [3.8, 4) is 5.75 Å². The fourth-order valence-electron chi connectivity index (χ4n) is 5.24. The summed E-state index contributed by atoms with van der Waals surface area (Å²) >= 11 is 7.70. The lowest BCUT2D eigenvalue weighted by molar-refractivity contribution is -0.142. The number of aliphatic hydroxyl groups is 5. The molecule has 46 heavy (non-hydrogen) atoms. The van der Waals surface area contributed by atoms with Crippen molar-refractivity contribution in [3.63, 3.8) is 0 Å². The van der Waals surface area contributed by atoms with Gasteiger partial charge in [-0.05, 0) is 55.5 Å². The summed E-state index contributed by atoms with van der Waals surface area (Å²) in [7, 11) is 0. The van der Waals surface area contributed by atoms with E-state index in [1.54, 1.807) is 41.3 Å². The van der Waals surface area contributed by atoms with Crippen molar-refractivity contribution in [1.82, 2.24) is 4.90 Å². The number of hydrogen-bond acceptors (Lipinski definition) is 11. The van der Waals surface area contributed by atoms with E-state index in [1.165, 1.54) is 47.4 Å². The maximum atomic E-state index is 13.8. The molecule has 0 aliphatic carbocycles. The van der Waals surface area contributed by atoms with Gasteiger partial charge < -0.3 is 40.1 Å². The van der Waals surface area contributed by atoms with Crippen molar-refractivity contribution in [3.05, 3.63) is 81.5 Å². The van der Waals surface area contributed by atoms with Crippen LogP contribution in [0.2, 0.25) is 5.02 Å². The number of carbonyl (C=O) groups is 2. The summed E-state index contributed by atoms with van der Waals surface area (Å²) in [5.74, 6) is -1.24. The number of anilines is 1. The minimum atomic E-state index is -2.12.